The molecule has 0 bridgehead atoms. The van der Waals surface area contributed by atoms with E-state index >= 15 is 0 Å². The van der Waals surface area contributed by atoms with Gasteiger partial charge < -0.3 is 11.7 Å². The fourth-order valence-corrected chi connectivity index (χ4v) is 0.102. The number of ether oxygens (including phenoxy) is 1. The first-order valence-corrected chi connectivity index (χ1v) is 1.67. The van der Waals surface area contributed by atoms with Gasteiger partial charge in [0.1, 0.15) is 0 Å². The molecule has 0 amide bonds. The van der Waals surface area contributed by atoms with Crippen LogP contribution in [-0.4, -0.2) is 13.1 Å². The van der Waals surface area contributed by atoms with Gasteiger partial charge in [-0.25, -0.2) is 0 Å². The van der Waals surface area contributed by atoms with Crippen LogP contribution in [0.2, 0.25) is 0 Å². The smallest absolute Gasteiger partial charge is 0.275 e. The van der Waals surface area contributed by atoms with Gasteiger partial charge >= 0.3 is 0 Å². The van der Waals surface area contributed by atoms with Crippen molar-refractivity contribution < 1.29 is 42.2 Å². The van der Waals surface area contributed by atoms with Crippen LogP contribution in [0.25, 0.3) is 0 Å². The van der Waals surface area contributed by atoms with Crippen molar-refractivity contribution >= 4 is 5.97 Å². The van der Waals surface area contributed by atoms with Crippen molar-refractivity contribution in [3.05, 3.63) is 6.92 Å². The minimum atomic E-state index is -0.269. The van der Waals surface area contributed by atoms with Crippen LogP contribution in [0.4, 0.5) is 0 Å². The van der Waals surface area contributed by atoms with Gasteiger partial charge in [-0.1, -0.05) is 6.42 Å². The van der Waals surface area contributed by atoms with Crippen molar-refractivity contribution in [2.45, 2.75) is 6.42 Å². The van der Waals surface area contributed by atoms with Crippen molar-refractivity contribution in [2.24, 2.45) is 0 Å². The monoisotopic (exact) mass is 176 g/mol. The van der Waals surface area contributed by atoms with Crippen LogP contribution in [0.15, 0.2) is 0 Å². The van der Waals surface area contributed by atoms with Gasteiger partial charge in [-0.05, 0) is 0 Å². The molecule has 0 rings (SSSR count). The zero-order valence-electron chi connectivity index (χ0n) is 4.31. The van der Waals surface area contributed by atoms with Crippen molar-refractivity contribution in [2.75, 3.05) is 7.11 Å². The number of methoxy groups -OCH3 is 1. The zero-order valence-corrected chi connectivity index (χ0v) is 7.15. The summed E-state index contributed by atoms with van der Waals surface area (Å²) in [6, 6.07) is 0. The standard InChI is InChI=1S/C4H7O2.Y/c1-3-4(5)6-2;/h1,3H2,2H3;/q-1;. The maximum atomic E-state index is 9.90. The molecule has 0 aromatic rings. The molecule has 0 fully saturated rings. The maximum Gasteiger partial charge on any atom is 0.275 e. The van der Waals surface area contributed by atoms with Gasteiger partial charge in [0.05, 0.1) is 7.11 Å². The molecule has 0 saturated carbocycles. The molecule has 0 aliphatic rings. The molecule has 39 valence electrons. The van der Waals surface area contributed by atoms with E-state index in [2.05, 4.69) is 11.7 Å². The van der Waals surface area contributed by atoms with E-state index in [1.165, 1.54) is 7.11 Å². The van der Waals surface area contributed by atoms with Crippen LogP contribution in [0.1, 0.15) is 6.42 Å². The van der Waals surface area contributed by atoms with E-state index in [-0.39, 0.29) is 45.1 Å². The second-order valence-corrected chi connectivity index (χ2v) is 0.826. The topological polar surface area (TPSA) is 26.3 Å². The maximum absolute atomic E-state index is 9.90. The average Bonchev–Trinajstić information content (AvgIpc) is 1.65. The van der Waals surface area contributed by atoms with Crippen LogP contribution in [0, 0.1) is 6.92 Å². The van der Waals surface area contributed by atoms with Gasteiger partial charge in [0.15, 0.2) is 0 Å². The van der Waals surface area contributed by atoms with Gasteiger partial charge in [0, 0.05) is 32.7 Å². The molecule has 0 spiro atoms. The summed E-state index contributed by atoms with van der Waals surface area (Å²) >= 11 is 0. The van der Waals surface area contributed by atoms with Crippen LogP contribution in [-0.2, 0) is 42.2 Å². The number of hydrogen-bond acceptors (Lipinski definition) is 2. The zero-order chi connectivity index (χ0) is 4.99. The van der Waals surface area contributed by atoms with E-state index in [0.29, 0.717) is 0 Å². The first-order valence-electron chi connectivity index (χ1n) is 1.67. The predicted octanol–water partition coefficient (Wildman–Crippen LogP) is 0.381. The summed E-state index contributed by atoms with van der Waals surface area (Å²) in [5, 5.41) is 0. The second kappa shape index (κ2) is 6.57. The third-order valence-corrected chi connectivity index (χ3v) is 0.432. The minimum absolute atomic E-state index is 0. The summed E-state index contributed by atoms with van der Waals surface area (Å²) in [7, 11) is 1.34. The average molecular weight is 176 g/mol. The Morgan fingerprint density at radius 2 is 2.29 bits per heavy atom. The SMILES string of the molecule is [CH2-]CC(=O)OC.[Y]. The van der Waals surface area contributed by atoms with Crippen molar-refractivity contribution in [1.82, 2.24) is 0 Å². The first kappa shape index (κ1) is 10.5. The Morgan fingerprint density at radius 3 is 2.29 bits per heavy atom. The van der Waals surface area contributed by atoms with Crippen molar-refractivity contribution in [1.29, 1.82) is 0 Å². The Morgan fingerprint density at radius 1 is 1.86 bits per heavy atom. The molecule has 0 saturated heterocycles. The predicted molar refractivity (Wildman–Crippen MR) is 22.0 cm³/mol. The number of carbonyl (C=O) groups excluding carboxylic acids is 1. The molecule has 2 nitrogen and oxygen atoms in total. The molecule has 1 radical (unpaired) electrons. The molecule has 0 N–H and O–H groups in total. The molecule has 0 aromatic carbocycles. The van der Waals surface area contributed by atoms with Gasteiger partial charge in [0.2, 0.25) is 0 Å². The number of carbonyl (C=O) groups is 1. The number of rotatable bonds is 1. The normalized spacial score (nSPS) is 6.57. The summed E-state index contributed by atoms with van der Waals surface area (Å²) in [6.45, 7) is 3.28. The molecule has 0 aromatic heterocycles. The van der Waals surface area contributed by atoms with E-state index in [0.717, 1.165) is 0 Å². The fourth-order valence-electron chi connectivity index (χ4n) is 0.102. The van der Waals surface area contributed by atoms with Gasteiger partial charge in [0.25, 0.3) is 5.97 Å². The van der Waals surface area contributed by atoms with E-state index in [4.69, 9.17) is 0 Å². The van der Waals surface area contributed by atoms with Crippen LogP contribution < -0.4 is 0 Å². The van der Waals surface area contributed by atoms with Crippen LogP contribution in [0.3, 0.4) is 0 Å². The van der Waals surface area contributed by atoms with E-state index < -0.39 is 0 Å². The molecule has 0 aliphatic heterocycles. The van der Waals surface area contributed by atoms with E-state index in [9.17, 15) is 4.79 Å². The van der Waals surface area contributed by atoms with Crippen LogP contribution in [0.5, 0.6) is 0 Å². The van der Waals surface area contributed by atoms with Gasteiger partial charge in [-0.15, -0.1) is 0 Å². The summed E-state index contributed by atoms with van der Waals surface area (Å²) < 4.78 is 4.20. The van der Waals surface area contributed by atoms with Crippen molar-refractivity contribution in [3.8, 4) is 0 Å². The molecule has 7 heavy (non-hydrogen) atoms. The molecular formula is C4H7O2Y-. The number of hydrogen-bond donors (Lipinski definition) is 0. The molecule has 0 aliphatic carbocycles. The summed E-state index contributed by atoms with van der Waals surface area (Å²) in [4.78, 5) is 9.90. The van der Waals surface area contributed by atoms with Crippen molar-refractivity contribution in [3.63, 3.8) is 0 Å². The largest absolute Gasteiger partial charge is 0.471 e. The Kier molecular flexibility index (Phi) is 9.89. The fraction of sp³-hybridized carbons (Fsp3) is 0.500. The third kappa shape index (κ3) is 6.57. The van der Waals surface area contributed by atoms with Gasteiger partial charge in [-0.2, -0.15) is 0 Å². The summed E-state index contributed by atoms with van der Waals surface area (Å²) in [6.07, 6.45) is 0.219. The third-order valence-electron chi connectivity index (χ3n) is 0.432. The van der Waals surface area contributed by atoms with Crippen LogP contribution >= 0.6 is 0 Å². The molecule has 0 atom stereocenters. The molecule has 0 unspecified atom stereocenters. The molecule has 0 heterocycles. The van der Waals surface area contributed by atoms with E-state index in [1.807, 2.05) is 0 Å². The Labute approximate surface area is 68.5 Å². The minimum Gasteiger partial charge on any atom is -0.471 e. The Balaban J connectivity index is 0. The molecule has 3 heteroatoms. The first-order chi connectivity index (χ1) is 2.81. The van der Waals surface area contributed by atoms with E-state index in [1.54, 1.807) is 0 Å². The second-order valence-electron chi connectivity index (χ2n) is 0.826. The summed E-state index contributed by atoms with van der Waals surface area (Å²) in [5.41, 5.74) is 0. The quantitative estimate of drug-likeness (QED) is 0.426. The molecular weight excluding hydrogens is 169 g/mol. The number of esters is 1. The Hall–Kier alpha value is 0.574. The summed E-state index contributed by atoms with van der Waals surface area (Å²) in [5.74, 6) is -0.269. The van der Waals surface area contributed by atoms with Gasteiger partial charge in [-0.3, -0.25) is 4.79 Å². The Bertz CT molecular complexity index is 47.7.